The topological polar surface area (TPSA) is 29.0 Å². The van der Waals surface area contributed by atoms with Gasteiger partial charge < -0.3 is 4.90 Å². The summed E-state index contributed by atoms with van der Waals surface area (Å²) in [5.41, 5.74) is 3.04. The number of fused-ring (bicyclic) bond motifs is 2. The molecule has 1 aromatic heterocycles. The fraction of sp³-hybridized carbons (Fsp3) is 0.333. The van der Waals surface area contributed by atoms with Gasteiger partial charge in [0.25, 0.3) is 0 Å². The number of aromatic nitrogens is 2. The number of piperidine rings is 1. The number of nitrogens with zero attached hydrogens (tertiary/aromatic N) is 3. The summed E-state index contributed by atoms with van der Waals surface area (Å²) >= 11 is 0. The third-order valence-corrected chi connectivity index (χ3v) is 4.22. The van der Waals surface area contributed by atoms with E-state index in [1.54, 1.807) is 18.0 Å². The first-order chi connectivity index (χ1) is 8.93. The van der Waals surface area contributed by atoms with Gasteiger partial charge >= 0.3 is 0 Å². The molecule has 0 amide bonds. The molecular weight excluding hydrogens is 222 g/mol. The molecule has 1 fully saturated rings. The smallest absolute Gasteiger partial charge is 0.147 e. The molecular formula is C15H15N3. The number of hydrogen-bond donors (Lipinski definition) is 0. The van der Waals surface area contributed by atoms with E-state index in [-0.39, 0.29) is 0 Å². The Balaban J connectivity index is 1.80. The molecule has 3 heteroatoms. The van der Waals surface area contributed by atoms with Gasteiger partial charge in [0.15, 0.2) is 0 Å². The summed E-state index contributed by atoms with van der Waals surface area (Å²) in [4.78, 5) is 11.1. The van der Waals surface area contributed by atoms with Crippen molar-refractivity contribution in [2.45, 2.75) is 24.8 Å². The second-order valence-corrected chi connectivity index (χ2v) is 5.13. The van der Waals surface area contributed by atoms with Crippen molar-refractivity contribution in [1.29, 1.82) is 0 Å². The van der Waals surface area contributed by atoms with Crippen LogP contribution in [0.15, 0.2) is 42.9 Å². The zero-order valence-electron chi connectivity index (χ0n) is 10.2. The van der Waals surface area contributed by atoms with Gasteiger partial charge in [0.1, 0.15) is 5.82 Å². The first-order valence-corrected chi connectivity index (χ1v) is 6.55. The van der Waals surface area contributed by atoms with Gasteiger partial charge in [-0.15, -0.1) is 0 Å². The van der Waals surface area contributed by atoms with Gasteiger partial charge in [-0.2, -0.15) is 0 Å². The highest BCUT2D eigenvalue weighted by molar-refractivity contribution is 5.49. The molecule has 5 rings (SSSR count). The summed E-state index contributed by atoms with van der Waals surface area (Å²) in [5.74, 6) is 1.68. The van der Waals surface area contributed by atoms with E-state index in [2.05, 4.69) is 39.1 Å². The van der Waals surface area contributed by atoms with E-state index < -0.39 is 0 Å². The molecule has 3 nitrogen and oxygen atoms in total. The van der Waals surface area contributed by atoms with Crippen molar-refractivity contribution >= 4 is 5.82 Å². The minimum Gasteiger partial charge on any atom is -0.348 e. The van der Waals surface area contributed by atoms with Crippen LogP contribution < -0.4 is 4.90 Å². The first-order valence-electron chi connectivity index (χ1n) is 6.55. The zero-order chi connectivity index (χ0) is 11.9. The number of benzene rings is 1. The fourth-order valence-electron chi connectivity index (χ4n) is 3.43. The van der Waals surface area contributed by atoms with Crippen molar-refractivity contribution in [1.82, 2.24) is 9.97 Å². The highest BCUT2D eigenvalue weighted by atomic mass is 15.2. The van der Waals surface area contributed by atoms with Crippen LogP contribution in [0.25, 0.3) is 0 Å². The average Bonchev–Trinajstić information content (AvgIpc) is 2.49. The molecule has 2 bridgehead atoms. The minimum absolute atomic E-state index is 0.489. The van der Waals surface area contributed by atoms with E-state index >= 15 is 0 Å². The molecule has 0 saturated carbocycles. The van der Waals surface area contributed by atoms with Crippen LogP contribution in [-0.2, 0) is 0 Å². The Labute approximate surface area is 107 Å². The lowest BCUT2D eigenvalue weighted by Gasteiger charge is -2.47. The molecule has 0 unspecified atom stereocenters. The van der Waals surface area contributed by atoms with Gasteiger partial charge in [0.05, 0.1) is 12.2 Å². The minimum atomic E-state index is 0.489. The van der Waals surface area contributed by atoms with E-state index in [9.17, 15) is 0 Å². The Bertz CT molecular complexity index is 567. The Morgan fingerprint density at radius 1 is 1.06 bits per heavy atom. The Kier molecular flexibility index (Phi) is 2.13. The number of anilines is 1. The first kappa shape index (κ1) is 10.1. The maximum absolute atomic E-state index is 4.46. The number of hydrogen-bond acceptors (Lipinski definition) is 3. The summed E-state index contributed by atoms with van der Waals surface area (Å²) in [5, 5.41) is 0. The predicted octanol–water partition coefficient (Wildman–Crippen LogP) is 2.92. The summed E-state index contributed by atoms with van der Waals surface area (Å²) in [6, 6.07) is 9.36. The van der Waals surface area contributed by atoms with Crippen molar-refractivity contribution in [3.63, 3.8) is 0 Å². The third-order valence-electron chi connectivity index (χ3n) is 4.22. The SMILES string of the molecule is c1ccc2c(c1)[C@@H]1CC[C@@H]2N(c2cnccn2)C1. The van der Waals surface area contributed by atoms with E-state index in [0.29, 0.717) is 12.0 Å². The fourth-order valence-corrected chi connectivity index (χ4v) is 3.43. The third kappa shape index (κ3) is 1.37. The maximum Gasteiger partial charge on any atom is 0.147 e. The number of rotatable bonds is 1. The molecule has 3 aliphatic rings. The zero-order valence-corrected chi connectivity index (χ0v) is 10.2. The van der Waals surface area contributed by atoms with Crippen LogP contribution in [0, 0.1) is 0 Å². The molecule has 0 spiro atoms. The largest absolute Gasteiger partial charge is 0.348 e. The molecule has 18 heavy (non-hydrogen) atoms. The monoisotopic (exact) mass is 237 g/mol. The molecule has 2 aliphatic heterocycles. The lowest BCUT2D eigenvalue weighted by atomic mass is 9.75. The lowest BCUT2D eigenvalue weighted by Crippen LogP contribution is -2.42. The molecule has 2 aromatic rings. The van der Waals surface area contributed by atoms with Crippen LogP contribution in [0.1, 0.15) is 35.9 Å². The maximum atomic E-state index is 4.46. The molecule has 3 heterocycles. The standard InChI is InChI=1S/C15H15N3/c1-2-4-13-12(3-1)11-5-6-14(13)18(10-11)15-9-16-7-8-17-15/h1-4,7-9,11,14H,5-6,10H2/t11-,14+/m1/s1. The molecule has 90 valence electrons. The van der Waals surface area contributed by atoms with E-state index in [0.717, 1.165) is 12.4 Å². The molecule has 0 N–H and O–H groups in total. The van der Waals surface area contributed by atoms with Crippen molar-refractivity contribution in [2.75, 3.05) is 11.4 Å². The van der Waals surface area contributed by atoms with Crippen LogP contribution in [0.5, 0.6) is 0 Å². The summed E-state index contributed by atoms with van der Waals surface area (Å²) in [6.45, 7) is 1.08. The molecule has 1 saturated heterocycles. The van der Waals surface area contributed by atoms with Crippen LogP contribution in [0.3, 0.4) is 0 Å². The second kappa shape index (κ2) is 3.80. The van der Waals surface area contributed by atoms with Crippen LogP contribution >= 0.6 is 0 Å². The highest BCUT2D eigenvalue weighted by Gasteiger charge is 2.38. The highest BCUT2D eigenvalue weighted by Crippen LogP contribution is 2.47. The van der Waals surface area contributed by atoms with E-state index in [1.807, 2.05) is 6.20 Å². The summed E-state index contributed by atoms with van der Waals surface area (Å²) in [7, 11) is 0. The van der Waals surface area contributed by atoms with Crippen LogP contribution in [0.4, 0.5) is 5.82 Å². The second-order valence-electron chi connectivity index (χ2n) is 5.13. The Morgan fingerprint density at radius 3 is 2.78 bits per heavy atom. The van der Waals surface area contributed by atoms with E-state index in [4.69, 9.17) is 0 Å². The van der Waals surface area contributed by atoms with Gasteiger partial charge in [-0.25, -0.2) is 4.98 Å². The Morgan fingerprint density at radius 2 is 1.94 bits per heavy atom. The van der Waals surface area contributed by atoms with E-state index in [1.165, 1.54) is 18.4 Å². The van der Waals surface area contributed by atoms with Gasteiger partial charge in [-0.05, 0) is 24.0 Å². The summed E-state index contributed by atoms with van der Waals surface area (Å²) in [6.07, 6.45) is 7.93. The summed E-state index contributed by atoms with van der Waals surface area (Å²) < 4.78 is 0. The molecule has 1 aliphatic carbocycles. The van der Waals surface area contributed by atoms with Crippen molar-refractivity contribution in [3.8, 4) is 0 Å². The van der Waals surface area contributed by atoms with Gasteiger partial charge in [-0.1, -0.05) is 24.3 Å². The van der Waals surface area contributed by atoms with Gasteiger partial charge in [0.2, 0.25) is 0 Å². The van der Waals surface area contributed by atoms with Gasteiger partial charge in [0, 0.05) is 24.9 Å². The predicted molar refractivity (Wildman–Crippen MR) is 70.5 cm³/mol. The molecule has 0 radical (unpaired) electrons. The molecule has 2 atom stereocenters. The normalized spacial score (nSPS) is 25.0. The van der Waals surface area contributed by atoms with Crippen molar-refractivity contribution < 1.29 is 0 Å². The lowest BCUT2D eigenvalue weighted by molar-refractivity contribution is 0.387. The van der Waals surface area contributed by atoms with Crippen LogP contribution in [0.2, 0.25) is 0 Å². The molecule has 1 aromatic carbocycles. The average molecular weight is 237 g/mol. The van der Waals surface area contributed by atoms with Crippen molar-refractivity contribution in [2.24, 2.45) is 0 Å². The Hall–Kier alpha value is -1.90. The van der Waals surface area contributed by atoms with Crippen LogP contribution in [-0.4, -0.2) is 16.5 Å². The van der Waals surface area contributed by atoms with Crippen molar-refractivity contribution in [3.05, 3.63) is 54.0 Å². The van der Waals surface area contributed by atoms with Gasteiger partial charge in [-0.3, -0.25) is 4.98 Å². The quantitative estimate of drug-likeness (QED) is 0.763.